The van der Waals surface area contributed by atoms with E-state index in [9.17, 15) is 20.4 Å². The molecule has 11 fully saturated rings. The summed E-state index contributed by atoms with van der Waals surface area (Å²) in [5.74, 6) is 0.299. The zero-order valence-corrected chi connectivity index (χ0v) is 76.7. The van der Waals surface area contributed by atoms with Crippen LogP contribution in [0.3, 0.4) is 0 Å². The summed E-state index contributed by atoms with van der Waals surface area (Å²) in [6, 6.07) is 0. The second kappa shape index (κ2) is 53.1. The Balaban J connectivity index is 0.600. The van der Waals surface area contributed by atoms with Crippen molar-refractivity contribution in [2.75, 3.05) is 311 Å². The predicted molar refractivity (Wildman–Crippen MR) is 450 cm³/mol. The molecule has 4 aromatic heterocycles. The summed E-state index contributed by atoms with van der Waals surface area (Å²) < 4.78 is 191. The van der Waals surface area contributed by atoms with Gasteiger partial charge in [0.15, 0.2) is 0 Å². The summed E-state index contributed by atoms with van der Waals surface area (Å²) in [5.41, 5.74) is -2.03. The van der Waals surface area contributed by atoms with E-state index >= 15 is 0 Å². The van der Waals surface area contributed by atoms with Gasteiger partial charge in [-0.2, -0.15) is 0 Å². The van der Waals surface area contributed by atoms with Gasteiger partial charge in [0.05, 0.1) is 433 Å². The van der Waals surface area contributed by atoms with Crippen LogP contribution in [0.1, 0.15) is 36.6 Å². The molecule has 4 aromatic rings. The first-order valence-electron chi connectivity index (χ1n) is 46.6. The molecule has 11 aliphatic heterocycles. The van der Waals surface area contributed by atoms with Crippen molar-refractivity contribution < 1.29 is 167 Å². The molecule has 0 spiro atoms. The maximum Gasteiger partial charge on any atom is 0.108 e. The van der Waals surface area contributed by atoms with Crippen LogP contribution in [0.2, 0.25) is 0 Å². The Kier molecular flexibility index (Phi) is 41.0. The molecule has 11 saturated heterocycles. The number of aromatic nitrogens is 12. The van der Waals surface area contributed by atoms with Gasteiger partial charge in [0.25, 0.3) is 0 Å². The van der Waals surface area contributed by atoms with Crippen LogP contribution in [0, 0.1) is 33.0 Å². The molecular formula is C86H140N12O35. The second-order valence-corrected chi connectivity index (χ2v) is 38.0. The lowest BCUT2D eigenvalue weighted by Gasteiger charge is -2.34. The van der Waals surface area contributed by atoms with Crippen LogP contribution in [-0.2, 0) is 199 Å². The van der Waals surface area contributed by atoms with Gasteiger partial charge in [0, 0.05) is 6.61 Å². The molecule has 0 bridgehead atoms. The molecule has 4 N–H and O–H groups in total. The van der Waals surface area contributed by atoms with Crippen molar-refractivity contribution in [2.45, 2.75) is 158 Å². The van der Waals surface area contributed by atoms with E-state index in [0.717, 1.165) is 0 Å². The monoisotopic (exact) mass is 1900 g/mol. The van der Waals surface area contributed by atoms with Crippen LogP contribution >= 0.6 is 0 Å². The third-order valence-corrected chi connectivity index (χ3v) is 22.6. The zero-order chi connectivity index (χ0) is 91.7. The SMILES string of the molecule is CC(C)COCC(COCc1cn(CC(O)COCC(COCC(O)Cn2cc(COCC(COCC3CO3)(COCC3CO3)COCC3CO3)nn2)(COCC(O)Cn2cc(COCC(COCC3CO3)(COCC3CO3)COCC3CO3)nn2)COCC(O)Cn2cc(COCC(COCC3CO3)(COCC3CO3)COCC3CO3)nn2)nn1)(COCC1CO1)COCC1CO1. The Morgan fingerprint density at radius 3 is 0.534 bits per heavy atom. The van der Waals surface area contributed by atoms with E-state index in [1.165, 1.54) is 18.7 Å². The molecule has 15 heterocycles. The Hall–Kier alpha value is -4.84. The highest BCUT2D eigenvalue weighted by Crippen LogP contribution is 2.32. The number of aliphatic hydroxyl groups excluding tert-OH is 4. The number of epoxide rings is 11. The van der Waals surface area contributed by atoms with Gasteiger partial charge >= 0.3 is 0 Å². The summed E-state index contributed by atoms with van der Waals surface area (Å²) in [6.07, 6.45) is 2.71. The van der Waals surface area contributed by atoms with E-state index in [4.69, 9.17) is 147 Å². The molecule has 15 unspecified atom stereocenters. The molecule has 0 aromatic carbocycles. The molecule has 754 valence electrons. The van der Waals surface area contributed by atoms with E-state index < -0.39 is 51.5 Å². The first kappa shape index (κ1) is 103. The molecule has 15 rings (SSSR count). The van der Waals surface area contributed by atoms with Crippen molar-refractivity contribution in [3.63, 3.8) is 0 Å². The van der Waals surface area contributed by atoms with Crippen LogP contribution in [0.25, 0.3) is 0 Å². The fraction of sp³-hybridized carbons (Fsp3) is 0.907. The van der Waals surface area contributed by atoms with Crippen molar-refractivity contribution in [1.82, 2.24) is 60.0 Å². The molecular weight excluding hydrogens is 1760 g/mol. The van der Waals surface area contributed by atoms with Crippen molar-refractivity contribution >= 4 is 0 Å². The first-order chi connectivity index (χ1) is 65.0. The minimum absolute atomic E-state index is 0.0343. The van der Waals surface area contributed by atoms with Crippen molar-refractivity contribution in [3.05, 3.63) is 47.6 Å². The van der Waals surface area contributed by atoms with E-state index in [1.807, 2.05) is 0 Å². The molecule has 47 nitrogen and oxygen atoms in total. The third-order valence-electron chi connectivity index (χ3n) is 22.6. The summed E-state index contributed by atoms with van der Waals surface area (Å²) in [6.45, 7) is 19.3. The fourth-order valence-electron chi connectivity index (χ4n) is 14.2. The summed E-state index contributed by atoms with van der Waals surface area (Å²) in [4.78, 5) is 0. The van der Waals surface area contributed by atoms with Gasteiger partial charge in [-0.1, -0.05) is 34.7 Å². The molecule has 0 amide bonds. The molecule has 0 radical (unpaired) electrons. The lowest BCUT2D eigenvalue weighted by molar-refractivity contribution is -0.133. The highest BCUT2D eigenvalue weighted by Gasteiger charge is 2.43. The normalized spacial score (nSPS) is 26.1. The highest BCUT2D eigenvalue weighted by atomic mass is 16.7. The molecule has 0 aliphatic carbocycles. The molecule has 11 aliphatic rings. The Morgan fingerprint density at radius 1 is 0.241 bits per heavy atom. The highest BCUT2D eigenvalue weighted by molar-refractivity contribution is 4.96. The van der Waals surface area contributed by atoms with E-state index in [0.29, 0.717) is 200 Å². The van der Waals surface area contributed by atoms with Crippen LogP contribution in [0.15, 0.2) is 24.8 Å². The van der Waals surface area contributed by atoms with Crippen LogP contribution < -0.4 is 0 Å². The first-order valence-corrected chi connectivity index (χ1v) is 46.6. The number of nitrogens with zero attached hydrogens (tertiary/aromatic N) is 12. The minimum atomic E-state index is -1.29. The number of aliphatic hydroxyl groups is 4. The van der Waals surface area contributed by atoms with E-state index in [2.05, 4.69) is 55.1 Å². The summed E-state index contributed by atoms with van der Waals surface area (Å²) in [5, 5.41) is 82.0. The number of hydrogen-bond donors (Lipinski definition) is 4. The van der Waals surface area contributed by atoms with Crippen LogP contribution in [0.4, 0.5) is 0 Å². The maximum atomic E-state index is 11.8. The van der Waals surface area contributed by atoms with Gasteiger partial charge in [-0.3, -0.25) is 0 Å². The maximum absolute atomic E-state index is 11.8. The van der Waals surface area contributed by atoms with Gasteiger partial charge < -0.3 is 167 Å². The summed E-state index contributed by atoms with van der Waals surface area (Å²) >= 11 is 0. The standard InChI is InChI=1S/C86H140N12O35/c1-62(2)11-103-42-82(51-112-20-71-31-123-71,52-113-21-72-32-124-72)43-104-12-63-3-95(91-87-63)7-67(99)16-108-47-86(48-109-17-68(100)8-96-4-64(88-92-96)13-105-44-83(53-114-22-73-33-125-73,54-115-23-74-34-126-74)55-116-24-75-35-127-75,49-110-18-69(101)9-97-5-65(89-93-97)14-106-45-84(56-117-25-76-36-128-76,57-118-26-77-37-129-77)58-119-27-78-38-130-78)50-111-19-70(102)10-98-6-66(90-94-98)15-107-46-85(59-120-28-79-39-131-79,60-121-29-80-40-132-80)61-122-30-81-41-133-81/h3-6,62,67-81,99-102H,7-61H2,1-2H3. The van der Waals surface area contributed by atoms with Gasteiger partial charge in [-0.05, 0) is 5.92 Å². The van der Waals surface area contributed by atoms with Crippen LogP contribution in [0.5, 0.6) is 0 Å². The fourth-order valence-corrected chi connectivity index (χ4v) is 14.2. The molecule has 133 heavy (non-hydrogen) atoms. The van der Waals surface area contributed by atoms with Crippen molar-refractivity contribution in [2.24, 2.45) is 33.0 Å². The van der Waals surface area contributed by atoms with Gasteiger partial charge in [-0.15, -0.1) is 20.4 Å². The van der Waals surface area contributed by atoms with Crippen molar-refractivity contribution in [3.8, 4) is 0 Å². The average molecular weight is 1900 g/mol. The number of hydrogen-bond acceptors (Lipinski definition) is 43. The molecule has 47 heteroatoms. The van der Waals surface area contributed by atoms with Crippen LogP contribution in [-0.4, -0.2) is 482 Å². The number of ether oxygens (including phenoxy) is 31. The van der Waals surface area contributed by atoms with Gasteiger partial charge in [0.2, 0.25) is 0 Å². The molecule has 15 atom stereocenters. The topological polar surface area (TPSA) is 526 Å². The largest absolute Gasteiger partial charge is 0.389 e. The smallest absolute Gasteiger partial charge is 0.108 e. The third kappa shape index (κ3) is 41.1. The zero-order valence-electron chi connectivity index (χ0n) is 76.7. The Morgan fingerprint density at radius 2 is 0.383 bits per heavy atom. The van der Waals surface area contributed by atoms with E-state index in [-0.39, 0.29) is 258 Å². The number of rotatable bonds is 88. The second-order valence-electron chi connectivity index (χ2n) is 38.0. The average Bonchev–Trinajstić information content (AvgIpc) is 1.49. The molecule has 0 saturated carbocycles. The minimum Gasteiger partial charge on any atom is -0.389 e. The van der Waals surface area contributed by atoms with Crippen molar-refractivity contribution in [1.29, 1.82) is 0 Å². The quantitative estimate of drug-likeness (QED) is 0.0318. The van der Waals surface area contributed by atoms with Gasteiger partial charge in [0.1, 0.15) is 89.9 Å². The predicted octanol–water partition coefficient (Wildman–Crippen LogP) is -3.10. The lowest BCUT2D eigenvalue weighted by Crippen LogP contribution is -2.44. The van der Waals surface area contributed by atoms with E-state index in [1.54, 1.807) is 24.8 Å². The summed E-state index contributed by atoms with van der Waals surface area (Å²) in [7, 11) is 0. The Bertz CT molecular complexity index is 3210. The lowest BCUT2D eigenvalue weighted by atomic mass is 9.92. The van der Waals surface area contributed by atoms with Gasteiger partial charge in [-0.25, -0.2) is 18.7 Å². The Labute approximate surface area is 773 Å².